The van der Waals surface area contributed by atoms with Gasteiger partial charge in [-0.2, -0.15) is 10.5 Å². The topological polar surface area (TPSA) is 135 Å². The molecule has 0 fully saturated rings. The van der Waals surface area contributed by atoms with Gasteiger partial charge in [0, 0.05) is 66.3 Å². The molecular formula is C86H52N10. The molecule has 0 bridgehead atoms. The number of fused-ring (bicyclic) bond motifs is 6. The summed E-state index contributed by atoms with van der Waals surface area (Å²) in [7, 11) is 0. The van der Waals surface area contributed by atoms with Crippen molar-refractivity contribution in [2.45, 2.75) is 0 Å². The Morgan fingerprint density at radius 2 is 0.521 bits per heavy atom. The number of para-hydroxylation sites is 2. The van der Waals surface area contributed by atoms with E-state index in [4.69, 9.17) is 29.9 Å². The van der Waals surface area contributed by atoms with E-state index in [-0.39, 0.29) is 0 Å². The third-order valence-corrected chi connectivity index (χ3v) is 17.9. The van der Waals surface area contributed by atoms with Gasteiger partial charge in [-0.3, -0.25) is 0 Å². The number of hydrogen-bond acceptors (Lipinski definition) is 8. The molecule has 446 valence electrons. The molecule has 0 amide bonds. The summed E-state index contributed by atoms with van der Waals surface area (Å²) in [6, 6.07) is 113. The van der Waals surface area contributed by atoms with Crippen molar-refractivity contribution in [1.29, 1.82) is 10.5 Å². The second-order valence-corrected chi connectivity index (χ2v) is 23.7. The zero-order valence-corrected chi connectivity index (χ0v) is 51.5. The van der Waals surface area contributed by atoms with Gasteiger partial charge in [0.05, 0.1) is 45.3 Å². The number of aromatic nitrogens is 8. The standard InChI is InChI=1S/C86H52N10/c87-53-55-20-17-30-61(46-55)63-38-44-79-73(49-63)71-34-13-15-36-77(71)95(79)67-40-42-69(75(51-67)85-91-81(57-22-5-1-6-23-57)89-82(92-85)58-24-7-2-8-25-58)65-32-19-33-66(48-65)70-43-41-68(52-76(70)86-93-83(59-26-9-3-10-27-59)90-84(94-86)60-28-11-4-12-29-60)96-78-37-16-14-35-72(78)74-50-64(39-45-80(74)96)62-31-18-21-56(47-62)54-88/h1-52H. The molecule has 0 saturated heterocycles. The molecule has 0 radical (unpaired) electrons. The Labute approximate surface area is 553 Å². The van der Waals surface area contributed by atoms with Crippen LogP contribution in [0.2, 0.25) is 0 Å². The molecule has 17 rings (SSSR count). The van der Waals surface area contributed by atoms with Gasteiger partial charge < -0.3 is 9.13 Å². The average Bonchev–Trinajstić information content (AvgIpc) is 1.70. The van der Waals surface area contributed by atoms with E-state index in [1.54, 1.807) is 0 Å². The van der Waals surface area contributed by atoms with Crippen molar-refractivity contribution in [3.05, 3.63) is 327 Å². The van der Waals surface area contributed by atoms with Crippen LogP contribution in [0.15, 0.2) is 315 Å². The summed E-state index contributed by atoms with van der Waals surface area (Å²) in [5.74, 6) is 3.23. The molecule has 10 heteroatoms. The minimum atomic E-state index is 0.511. The van der Waals surface area contributed by atoms with Gasteiger partial charge >= 0.3 is 0 Å². The second-order valence-electron chi connectivity index (χ2n) is 23.7. The Morgan fingerprint density at radius 3 is 0.906 bits per heavy atom. The van der Waals surface area contributed by atoms with E-state index >= 15 is 0 Å². The first-order valence-electron chi connectivity index (χ1n) is 31.7. The van der Waals surface area contributed by atoms with Crippen molar-refractivity contribution in [2.24, 2.45) is 0 Å². The lowest BCUT2D eigenvalue weighted by atomic mass is 9.92. The minimum Gasteiger partial charge on any atom is -0.309 e. The largest absolute Gasteiger partial charge is 0.309 e. The van der Waals surface area contributed by atoms with Crippen LogP contribution >= 0.6 is 0 Å². The molecular weight excluding hydrogens is 1170 g/mol. The molecule has 0 saturated carbocycles. The molecule has 0 aliphatic carbocycles. The molecule has 0 spiro atoms. The summed E-state index contributed by atoms with van der Waals surface area (Å²) in [6.45, 7) is 0. The predicted octanol–water partition coefficient (Wildman–Crippen LogP) is 20.7. The van der Waals surface area contributed by atoms with E-state index in [1.165, 1.54) is 0 Å². The smallest absolute Gasteiger partial charge is 0.164 e. The van der Waals surface area contributed by atoms with Crippen molar-refractivity contribution in [3.63, 3.8) is 0 Å². The normalized spacial score (nSPS) is 11.3. The zero-order valence-electron chi connectivity index (χ0n) is 51.5. The van der Waals surface area contributed by atoms with Crippen molar-refractivity contribution in [2.75, 3.05) is 0 Å². The SMILES string of the molecule is N#Cc1cccc(-c2ccc3c(c2)c2ccccc2n3-c2ccc(-c3cccc(-c4ccc(-n5c6ccccc6c6cc(-c7cccc(C#N)c7)ccc65)cc4-c4nc(-c5ccccc5)nc(-c5ccccc5)n4)c3)c(-c3nc(-c4ccccc4)nc(-c4ccccc4)n3)c2)c1. The Morgan fingerprint density at radius 1 is 0.208 bits per heavy atom. The Bertz CT molecular complexity index is 5500. The lowest BCUT2D eigenvalue weighted by molar-refractivity contribution is 1.07. The zero-order chi connectivity index (χ0) is 64.1. The van der Waals surface area contributed by atoms with Crippen molar-refractivity contribution in [3.8, 4) is 136 Å². The highest BCUT2D eigenvalue weighted by Crippen LogP contribution is 2.43. The molecule has 96 heavy (non-hydrogen) atoms. The number of benzene rings is 13. The molecule has 10 nitrogen and oxygen atoms in total. The molecule has 0 N–H and O–H groups in total. The van der Waals surface area contributed by atoms with Crippen molar-refractivity contribution >= 4 is 43.6 Å². The van der Waals surface area contributed by atoms with E-state index in [2.05, 4.69) is 179 Å². The Hall–Kier alpha value is -13.5. The number of nitrogens with zero attached hydrogens (tertiary/aromatic N) is 10. The van der Waals surface area contributed by atoms with Crippen LogP contribution < -0.4 is 0 Å². The average molecular weight is 1230 g/mol. The van der Waals surface area contributed by atoms with Crippen LogP contribution in [0, 0.1) is 22.7 Å². The molecule has 0 aliphatic rings. The number of hydrogen-bond donors (Lipinski definition) is 0. The lowest BCUT2D eigenvalue weighted by Gasteiger charge is -2.17. The van der Waals surface area contributed by atoms with Crippen LogP contribution in [0.25, 0.3) is 168 Å². The summed E-state index contributed by atoms with van der Waals surface area (Å²) in [4.78, 5) is 31.9. The fourth-order valence-electron chi connectivity index (χ4n) is 13.3. The third-order valence-electron chi connectivity index (χ3n) is 17.9. The van der Waals surface area contributed by atoms with Gasteiger partial charge in [0.25, 0.3) is 0 Å². The van der Waals surface area contributed by atoms with Crippen molar-refractivity contribution < 1.29 is 0 Å². The van der Waals surface area contributed by atoms with Crippen LogP contribution in [0.4, 0.5) is 0 Å². The van der Waals surface area contributed by atoms with E-state index in [0.29, 0.717) is 46.1 Å². The first-order chi connectivity index (χ1) is 47.5. The molecule has 0 atom stereocenters. The highest BCUT2D eigenvalue weighted by Gasteiger charge is 2.24. The summed E-state index contributed by atoms with van der Waals surface area (Å²) < 4.78 is 4.64. The van der Waals surface area contributed by atoms with Crippen LogP contribution in [-0.2, 0) is 0 Å². The number of rotatable bonds is 12. The van der Waals surface area contributed by atoms with Gasteiger partial charge in [-0.05, 0) is 136 Å². The van der Waals surface area contributed by atoms with Gasteiger partial charge in [0.15, 0.2) is 34.9 Å². The predicted molar refractivity (Wildman–Crippen MR) is 386 cm³/mol. The maximum absolute atomic E-state index is 9.85. The van der Waals surface area contributed by atoms with Gasteiger partial charge in [-0.25, -0.2) is 29.9 Å². The maximum Gasteiger partial charge on any atom is 0.164 e. The molecule has 0 aliphatic heterocycles. The Balaban J connectivity index is 0.887. The van der Waals surface area contributed by atoms with Gasteiger partial charge in [-0.1, -0.05) is 224 Å². The summed E-state index contributed by atoms with van der Waals surface area (Å²) >= 11 is 0. The van der Waals surface area contributed by atoms with Crippen LogP contribution in [0.5, 0.6) is 0 Å². The summed E-state index contributed by atoms with van der Waals surface area (Å²) in [6.07, 6.45) is 0. The van der Waals surface area contributed by atoms with E-state index in [1.807, 2.05) is 158 Å². The first-order valence-corrected chi connectivity index (χ1v) is 31.7. The highest BCUT2D eigenvalue weighted by atomic mass is 15.1. The van der Waals surface area contributed by atoms with E-state index < -0.39 is 0 Å². The summed E-state index contributed by atoms with van der Waals surface area (Å²) in [5, 5.41) is 24.1. The van der Waals surface area contributed by atoms with Gasteiger partial charge in [0.1, 0.15) is 0 Å². The highest BCUT2D eigenvalue weighted by molar-refractivity contribution is 6.12. The van der Waals surface area contributed by atoms with Crippen LogP contribution in [-0.4, -0.2) is 39.0 Å². The van der Waals surface area contributed by atoms with Crippen LogP contribution in [0.3, 0.4) is 0 Å². The molecule has 0 unspecified atom stereocenters. The lowest BCUT2D eigenvalue weighted by Crippen LogP contribution is -2.03. The van der Waals surface area contributed by atoms with Crippen molar-refractivity contribution in [1.82, 2.24) is 39.0 Å². The molecule has 4 heterocycles. The molecule has 17 aromatic rings. The van der Waals surface area contributed by atoms with E-state index in [0.717, 1.165) is 133 Å². The van der Waals surface area contributed by atoms with Gasteiger partial charge in [-0.15, -0.1) is 0 Å². The fraction of sp³-hybridized carbons (Fsp3) is 0. The first kappa shape index (κ1) is 56.4. The van der Waals surface area contributed by atoms with Gasteiger partial charge in [0.2, 0.25) is 0 Å². The monoisotopic (exact) mass is 1220 g/mol. The quantitative estimate of drug-likeness (QED) is 0.118. The molecule has 13 aromatic carbocycles. The maximum atomic E-state index is 9.85. The Kier molecular flexibility index (Phi) is 14.1. The van der Waals surface area contributed by atoms with Crippen LogP contribution in [0.1, 0.15) is 11.1 Å². The van der Waals surface area contributed by atoms with E-state index in [9.17, 15) is 10.5 Å². The fourth-order valence-corrected chi connectivity index (χ4v) is 13.3. The number of nitriles is 2. The molecule has 4 aromatic heterocycles. The second kappa shape index (κ2) is 23.9. The minimum absolute atomic E-state index is 0.511. The third kappa shape index (κ3) is 10.3. The summed E-state index contributed by atoms with van der Waals surface area (Å²) in [5.41, 5.74) is 19.9.